The Labute approximate surface area is 177 Å². The first-order valence-electron chi connectivity index (χ1n) is 8.86. The quantitative estimate of drug-likeness (QED) is 0.246. The zero-order chi connectivity index (χ0) is 18.1. The number of phenols is 1. The third-order valence-electron chi connectivity index (χ3n) is 4.02. The zero-order valence-electron chi connectivity index (χ0n) is 15.4. The number of carbonyl (C=O) groups excluding carboxylic acids is 1. The van der Waals surface area contributed by atoms with Gasteiger partial charge in [-0.3, -0.25) is 9.79 Å². The van der Waals surface area contributed by atoms with Crippen molar-refractivity contribution in [3.63, 3.8) is 0 Å². The molecule has 1 aliphatic rings. The standard InChI is InChI=1S/C18H28N4O2S.HI/c1-3-16-13-22(11-12-25-16)18(19-4-2)21-10-9-20-17(24)14-5-7-15(23)8-6-14;/h5-8,16,23H,3-4,9-13H2,1-2H3,(H,19,21)(H,20,24);1H. The van der Waals surface area contributed by atoms with Crippen molar-refractivity contribution in [3.8, 4) is 5.75 Å². The van der Waals surface area contributed by atoms with Gasteiger partial charge in [-0.15, -0.1) is 24.0 Å². The van der Waals surface area contributed by atoms with Crippen LogP contribution in [0.4, 0.5) is 0 Å². The van der Waals surface area contributed by atoms with Crippen LogP contribution in [0.3, 0.4) is 0 Å². The van der Waals surface area contributed by atoms with Crippen LogP contribution >= 0.6 is 35.7 Å². The first-order chi connectivity index (χ1) is 12.1. The van der Waals surface area contributed by atoms with Gasteiger partial charge in [-0.1, -0.05) is 6.92 Å². The van der Waals surface area contributed by atoms with Gasteiger partial charge in [0.2, 0.25) is 0 Å². The largest absolute Gasteiger partial charge is 0.508 e. The maximum Gasteiger partial charge on any atom is 0.251 e. The van der Waals surface area contributed by atoms with E-state index in [9.17, 15) is 9.90 Å². The molecule has 1 aromatic rings. The minimum absolute atomic E-state index is 0. The summed E-state index contributed by atoms with van der Waals surface area (Å²) in [5.41, 5.74) is 0.535. The lowest BCUT2D eigenvalue weighted by Gasteiger charge is -2.34. The van der Waals surface area contributed by atoms with Crippen molar-refractivity contribution in [3.05, 3.63) is 29.8 Å². The summed E-state index contributed by atoms with van der Waals surface area (Å²) < 4.78 is 0. The van der Waals surface area contributed by atoms with Gasteiger partial charge in [-0.05, 0) is 37.6 Å². The molecule has 1 saturated heterocycles. The predicted molar refractivity (Wildman–Crippen MR) is 120 cm³/mol. The molecule has 0 bridgehead atoms. The Morgan fingerprint density at radius 1 is 1.31 bits per heavy atom. The summed E-state index contributed by atoms with van der Waals surface area (Å²) in [7, 11) is 0. The van der Waals surface area contributed by atoms with E-state index < -0.39 is 0 Å². The Morgan fingerprint density at radius 2 is 2.04 bits per heavy atom. The van der Waals surface area contributed by atoms with Crippen LogP contribution in [-0.4, -0.2) is 65.6 Å². The monoisotopic (exact) mass is 492 g/mol. The maximum absolute atomic E-state index is 12.0. The Kier molecular flexibility index (Phi) is 10.8. The average Bonchev–Trinajstić information content (AvgIpc) is 2.64. The average molecular weight is 492 g/mol. The highest BCUT2D eigenvalue weighted by atomic mass is 127. The first-order valence-corrected chi connectivity index (χ1v) is 9.91. The lowest BCUT2D eigenvalue weighted by Crippen LogP contribution is -2.48. The molecule has 8 heteroatoms. The number of hydrogen-bond acceptors (Lipinski definition) is 4. The molecule has 0 aromatic heterocycles. The predicted octanol–water partition coefficient (Wildman–Crippen LogP) is 2.53. The van der Waals surface area contributed by atoms with Gasteiger partial charge in [0, 0.05) is 42.7 Å². The number of aromatic hydroxyl groups is 1. The van der Waals surface area contributed by atoms with E-state index in [0.717, 1.165) is 31.3 Å². The van der Waals surface area contributed by atoms with E-state index in [4.69, 9.17) is 0 Å². The Hall–Kier alpha value is -1.16. The number of phenolic OH excluding ortho intramolecular Hbond substituents is 1. The van der Waals surface area contributed by atoms with Crippen LogP contribution in [0.2, 0.25) is 0 Å². The molecule has 0 saturated carbocycles. The van der Waals surface area contributed by atoms with Crippen LogP contribution < -0.4 is 10.6 Å². The number of hydrogen-bond donors (Lipinski definition) is 3. The second kappa shape index (κ2) is 12.3. The van der Waals surface area contributed by atoms with Crippen LogP contribution in [0.1, 0.15) is 30.6 Å². The number of amides is 1. The second-order valence-corrected chi connectivity index (χ2v) is 7.29. The van der Waals surface area contributed by atoms with Crippen LogP contribution in [0.5, 0.6) is 5.75 Å². The molecule has 0 aliphatic carbocycles. The molecule has 6 nitrogen and oxygen atoms in total. The molecule has 1 fully saturated rings. The van der Waals surface area contributed by atoms with E-state index in [2.05, 4.69) is 34.4 Å². The zero-order valence-corrected chi connectivity index (χ0v) is 18.5. The van der Waals surface area contributed by atoms with Crippen molar-refractivity contribution in [1.82, 2.24) is 15.5 Å². The Balaban J connectivity index is 0.00000338. The Morgan fingerprint density at radius 3 is 2.69 bits per heavy atom. The van der Waals surface area contributed by atoms with Crippen molar-refractivity contribution in [1.29, 1.82) is 0 Å². The number of nitrogens with zero attached hydrogens (tertiary/aromatic N) is 2. The van der Waals surface area contributed by atoms with Gasteiger partial charge in [0.05, 0.1) is 6.54 Å². The SMILES string of the molecule is CCNC(=NCCNC(=O)c1ccc(O)cc1)N1CCSC(CC)C1.I. The smallest absolute Gasteiger partial charge is 0.251 e. The Bertz CT molecular complexity index is 583. The summed E-state index contributed by atoms with van der Waals surface area (Å²) in [5.74, 6) is 2.06. The molecule has 1 aromatic carbocycles. The van der Waals surface area contributed by atoms with Crippen molar-refractivity contribution in [2.75, 3.05) is 38.5 Å². The lowest BCUT2D eigenvalue weighted by molar-refractivity contribution is 0.0955. The van der Waals surface area contributed by atoms with Gasteiger partial charge in [-0.25, -0.2) is 0 Å². The summed E-state index contributed by atoms with van der Waals surface area (Å²) in [6.45, 7) is 8.17. The number of nitrogens with one attached hydrogen (secondary N) is 2. The normalized spacial score (nSPS) is 17.4. The van der Waals surface area contributed by atoms with Gasteiger partial charge in [0.25, 0.3) is 5.91 Å². The molecule has 2 rings (SSSR count). The molecule has 0 spiro atoms. The van der Waals surface area contributed by atoms with Crippen LogP contribution in [0.25, 0.3) is 0 Å². The summed E-state index contributed by atoms with van der Waals surface area (Å²) >= 11 is 2.03. The number of halogens is 1. The summed E-state index contributed by atoms with van der Waals surface area (Å²) in [6.07, 6.45) is 1.17. The molecule has 1 amide bonds. The summed E-state index contributed by atoms with van der Waals surface area (Å²) in [5, 5.41) is 16.1. The molecule has 1 unspecified atom stereocenters. The third-order valence-corrected chi connectivity index (χ3v) is 5.39. The van der Waals surface area contributed by atoms with E-state index in [1.807, 2.05) is 11.8 Å². The first kappa shape index (κ1) is 22.9. The molecule has 0 radical (unpaired) electrons. The molecule has 1 aliphatic heterocycles. The number of aliphatic imine (C=N–C) groups is 1. The number of carbonyl (C=O) groups is 1. The molecule has 1 heterocycles. The second-order valence-electron chi connectivity index (χ2n) is 5.89. The molecular weight excluding hydrogens is 463 g/mol. The molecule has 3 N–H and O–H groups in total. The highest BCUT2D eigenvalue weighted by Gasteiger charge is 2.21. The highest BCUT2D eigenvalue weighted by molar-refractivity contribution is 14.0. The number of benzene rings is 1. The van der Waals surface area contributed by atoms with Gasteiger partial charge in [0.15, 0.2) is 5.96 Å². The third kappa shape index (κ3) is 7.22. The molecule has 26 heavy (non-hydrogen) atoms. The fourth-order valence-corrected chi connectivity index (χ4v) is 3.81. The minimum Gasteiger partial charge on any atom is -0.508 e. The number of thioether (sulfide) groups is 1. The number of rotatable bonds is 6. The van der Waals surface area contributed by atoms with Gasteiger partial charge in [-0.2, -0.15) is 11.8 Å². The number of guanidine groups is 1. The van der Waals surface area contributed by atoms with Crippen molar-refractivity contribution < 1.29 is 9.90 Å². The van der Waals surface area contributed by atoms with Crippen LogP contribution in [0.15, 0.2) is 29.3 Å². The fraction of sp³-hybridized carbons (Fsp3) is 0.556. The van der Waals surface area contributed by atoms with Gasteiger partial charge in [0.1, 0.15) is 5.75 Å². The lowest BCUT2D eigenvalue weighted by atomic mass is 10.2. The minimum atomic E-state index is -0.152. The maximum atomic E-state index is 12.0. The van der Waals surface area contributed by atoms with E-state index in [0.29, 0.717) is 23.9 Å². The van der Waals surface area contributed by atoms with E-state index in [1.165, 1.54) is 18.6 Å². The van der Waals surface area contributed by atoms with Crippen molar-refractivity contribution in [2.45, 2.75) is 25.5 Å². The molecular formula is C18H29IN4O2S. The summed E-state index contributed by atoms with van der Waals surface area (Å²) in [6, 6.07) is 6.23. The van der Waals surface area contributed by atoms with E-state index in [-0.39, 0.29) is 35.6 Å². The molecule has 146 valence electrons. The van der Waals surface area contributed by atoms with Gasteiger partial charge < -0.3 is 20.6 Å². The molecule has 1 atom stereocenters. The van der Waals surface area contributed by atoms with E-state index in [1.54, 1.807) is 12.1 Å². The van der Waals surface area contributed by atoms with Crippen molar-refractivity contribution in [2.24, 2.45) is 4.99 Å². The van der Waals surface area contributed by atoms with Gasteiger partial charge >= 0.3 is 0 Å². The van der Waals surface area contributed by atoms with E-state index >= 15 is 0 Å². The van der Waals surface area contributed by atoms with Crippen molar-refractivity contribution >= 4 is 47.6 Å². The van der Waals surface area contributed by atoms with Crippen LogP contribution in [0, 0.1) is 0 Å². The highest BCUT2D eigenvalue weighted by Crippen LogP contribution is 2.21. The summed E-state index contributed by atoms with van der Waals surface area (Å²) in [4.78, 5) is 19.0. The fourth-order valence-electron chi connectivity index (χ4n) is 2.63. The topological polar surface area (TPSA) is 77.0 Å². The van der Waals surface area contributed by atoms with Crippen LogP contribution in [-0.2, 0) is 0 Å².